The van der Waals surface area contributed by atoms with Crippen molar-refractivity contribution >= 4 is 11.3 Å². The highest BCUT2D eigenvalue weighted by Gasteiger charge is 2.34. The molecule has 18 heavy (non-hydrogen) atoms. The van der Waals surface area contributed by atoms with Crippen molar-refractivity contribution in [2.24, 2.45) is 5.41 Å². The number of nitrogens with one attached hydrogen (secondary N) is 1. The van der Waals surface area contributed by atoms with Crippen LogP contribution >= 0.6 is 11.3 Å². The lowest BCUT2D eigenvalue weighted by Gasteiger charge is -2.41. The van der Waals surface area contributed by atoms with Gasteiger partial charge in [0.05, 0.1) is 10.7 Å². The van der Waals surface area contributed by atoms with Crippen LogP contribution < -0.4 is 5.32 Å². The molecule has 0 saturated heterocycles. The van der Waals surface area contributed by atoms with E-state index in [0.29, 0.717) is 5.41 Å². The topological polar surface area (TPSA) is 24.9 Å². The average Bonchev–Trinajstić information content (AvgIpc) is 2.70. The second kappa shape index (κ2) is 5.30. The van der Waals surface area contributed by atoms with E-state index in [2.05, 4.69) is 38.4 Å². The molecule has 0 aliphatic heterocycles. The third-order valence-electron chi connectivity index (χ3n) is 4.16. The Balaban J connectivity index is 1.82. The number of nitrogens with zero attached hydrogens (tertiary/aromatic N) is 1. The lowest BCUT2D eigenvalue weighted by molar-refractivity contribution is 0.123. The van der Waals surface area contributed by atoms with Crippen molar-refractivity contribution in [3.8, 4) is 0 Å². The number of aromatic nitrogens is 1. The fourth-order valence-corrected chi connectivity index (χ4v) is 3.43. The maximum Gasteiger partial charge on any atom is 0.0982 e. The average molecular weight is 266 g/mol. The Kier molecular flexibility index (Phi) is 4.12. The molecule has 0 amide bonds. The van der Waals surface area contributed by atoms with Gasteiger partial charge in [-0.3, -0.25) is 0 Å². The molecular weight excluding hydrogens is 240 g/mol. The zero-order valence-electron chi connectivity index (χ0n) is 12.2. The summed E-state index contributed by atoms with van der Waals surface area (Å²) < 4.78 is 0. The van der Waals surface area contributed by atoms with Crippen LogP contribution in [0.3, 0.4) is 0 Å². The molecule has 1 aromatic rings. The lowest BCUT2D eigenvalue weighted by Crippen LogP contribution is -2.39. The zero-order valence-corrected chi connectivity index (χ0v) is 13.0. The fourth-order valence-electron chi connectivity index (χ4n) is 2.52. The van der Waals surface area contributed by atoms with E-state index in [1.54, 1.807) is 11.3 Å². The zero-order chi connectivity index (χ0) is 13.2. The summed E-state index contributed by atoms with van der Waals surface area (Å²) in [6.45, 7) is 11.1. The summed E-state index contributed by atoms with van der Waals surface area (Å²) >= 11 is 1.79. The van der Waals surface area contributed by atoms with Gasteiger partial charge in [-0.1, -0.05) is 34.1 Å². The van der Waals surface area contributed by atoms with Gasteiger partial charge in [0.15, 0.2) is 0 Å². The first kappa shape index (κ1) is 14.0. The molecule has 1 fully saturated rings. The van der Waals surface area contributed by atoms with Gasteiger partial charge in [-0.25, -0.2) is 4.98 Å². The molecule has 2 nitrogen and oxygen atoms in total. The largest absolute Gasteiger partial charge is 0.311 e. The smallest absolute Gasteiger partial charge is 0.0982 e. The van der Waals surface area contributed by atoms with Crippen molar-refractivity contribution in [3.63, 3.8) is 0 Å². The van der Waals surface area contributed by atoms with Crippen LogP contribution in [0.15, 0.2) is 5.38 Å². The molecule has 1 aliphatic rings. The maximum absolute atomic E-state index is 4.73. The van der Waals surface area contributed by atoms with Crippen LogP contribution in [-0.2, 0) is 12.0 Å². The summed E-state index contributed by atoms with van der Waals surface area (Å²) in [6, 6.07) is 0. The van der Waals surface area contributed by atoms with Crippen LogP contribution in [0.4, 0.5) is 0 Å². The summed E-state index contributed by atoms with van der Waals surface area (Å²) in [5.74, 6) is 0. The Morgan fingerprint density at radius 1 is 1.39 bits per heavy atom. The van der Waals surface area contributed by atoms with Gasteiger partial charge in [-0.2, -0.15) is 0 Å². The highest BCUT2D eigenvalue weighted by atomic mass is 32.1. The van der Waals surface area contributed by atoms with Crippen molar-refractivity contribution in [1.82, 2.24) is 10.3 Å². The third kappa shape index (κ3) is 3.12. The highest BCUT2D eigenvalue weighted by Crippen LogP contribution is 2.43. The fraction of sp³-hybridized carbons (Fsp3) is 0.800. The molecule has 2 rings (SSSR count). The Bertz CT molecular complexity index is 380. The number of thiazole rings is 1. The van der Waals surface area contributed by atoms with Gasteiger partial charge in [-0.05, 0) is 24.7 Å². The van der Waals surface area contributed by atoms with Gasteiger partial charge >= 0.3 is 0 Å². The lowest BCUT2D eigenvalue weighted by atomic mass is 9.67. The predicted molar refractivity (Wildman–Crippen MR) is 79.1 cm³/mol. The van der Waals surface area contributed by atoms with E-state index in [4.69, 9.17) is 4.98 Å². The Morgan fingerprint density at radius 3 is 2.56 bits per heavy atom. The van der Waals surface area contributed by atoms with E-state index in [-0.39, 0.29) is 5.41 Å². The summed E-state index contributed by atoms with van der Waals surface area (Å²) in [4.78, 5) is 4.73. The molecule has 0 radical (unpaired) electrons. The number of hydrogen-bond acceptors (Lipinski definition) is 3. The van der Waals surface area contributed by atoms with Crippen molar-refractivity contribution in [2.75, 3.05) is 6.54 Å². The monoisotopic (exact) mass is 266 g/mol. The van der Waals surface area contributed by atoms with Crippen LogP contribution in [0, 0.1) is 5.41 Å². The van der Waals surface area contributed by atoms with E-state index in [9.17, 15) is 0 Å². The molecule has 0 unspecified atom stereocenters. The minimum absolute atomic E-state index is 0.182. The Hall–Kier alpha value is -0.410. The van der Waals surface area contributed by atoms with Crippen molar-refractivity contribution < 1.29 is 0 Å². The van der Waals surface area contributed by atoms with E-state index >= 15 is 0 Å². The minimum Gasteiger partial charge on any atom is -0.311 e. The van der Waals surface area contributed by atoms with Gasteiger partial charge in [0.25, 0.3) is 0 Å². The first-order chi connectivity index (χ1) is 8.45. The molecule has 1 heterocycles. The third-order valence-corrected chi connectivity index (χ3v) is 5.48. The standard InChI is InChI=1S/C15H26N2S/c1-5-15(7-6-8-15)11-16-9-12-10-18-13(17-12)14(2,3)4/h10,16H,5-9,11H2,1-4H3. The predicted octanol–water partition coefficient (Wildman–Crippen LogP) is 4.11. The molecule has 3 heteroatoms. The SMILES string of the molecule is CCC1(CNCc2csc(C(C)(C)C)n2)CCC1. The molecule has 1 N–H and O–H groups in total. The Labute approximate surface area is 115 Å². The quantitative estimate of drug-likeness (QED) is 0.867. The highest BCUT2D eigenvalue weighted by molar-refractivity contribution is 7.09. The van der Waals surface area contributed by atoms with Gasteiger partial charge in [0.1, 0.15) is 0 Å². The molecule has 0 bridgehead atoms. The molecule has 1 saturated carbocycles. The van der Waals surface area contributed by atoms with E-state index in [0.717, 1.165) is 13.1 Å². The van der Waals surface area contributed by atoms with Crippen molar-refractivity contribution in [3.05, 3.63) is 16.1 Å². The summed E-state index contributed by atoms with van der Waals surface area (Å²) in [5.41, 5.74) is 1.99. The first-order valence-corrected chi connectivity index (χ1v) is 7.99. The summed E-state index contributed by atoms with van der Waals surface area (Å²) in [6.07, 6.45) is 5.53. The Morgan fingerprint density at radius 2 is 2.11 bits per heavy atom. The molecule has 0 spiro atoms. The molecule has 102 valence electrons. The second-order valence-corrected chi connectivity index (χ2v) is 7.56. The van der Waals surface area contributed by atoms with Crippen LogP contribution in [0.25, 0.3) is 0 Å². The van der Waals surface area contributed by atoms with Crippen LogP contribution in [0.5, 0.6) is 0 Å². The normalized spacial score (nSPS) is 18.7. The maximum atomic E-state index is 4.73. The van der Waals surface area contributed by atoms with Gasteiger partial charge in [-0.15, -0.1) is 11.3 Å². The van der Waals surface area contributed by atoms with E-state index in [1.807, 2.05) is 0 Å². The van der Waals surface area contributed by atoms with Gasteiger partial charge < -0.3 is 5.32 Å². The summed E-state index contributed by atoms with van der Waals surface area (Å²) in [5, 5.41) is 7.05. The van der Waals surface area contributed by atoms with Crippen molar-refractivity contribution in [2.45, 2.75) is 65.3 Å². The van der Waals surface area contributed by atoms with Gasteiger partial charge in [0.2, 0.25) is 0 Å². The molecule has 0 atom stereocenters. The second-order valence-electron chi connectivity index (χ2n) is 6.70. The van der Waals surface area contributed by atoms with E-state index < -0.39 is 0 Å². The van der Waals surface area contributed by atoms with Crippen molar-refractivity contribution in [1.29, 1.82) is 0 Å². The number of rotatable bonds is 5. The van der Waals surface area contributed by atoms with Crippen LogP contribution in [-0.4, -0.2) is 11.5 Å². The summed E-state index contributed by atoms with van der Waals surface area (Å²) in [7, 11) is 0. The molecule has 1 aromatic heterocycles. The minimum atomic E-state index is 0.182. The van der Waals surface area contributed by atoms with E-state index in [1.165, 1.54) is 36.4 Å². The van der Waals surface area contributed by atoms with Gasteiger partial charge in [0, 0.05) is 23.9 Å². The number of hydrogen-bond donors (Lipinski definition) is 1. The van der Waals surface area contributed by atoms with Crippen LogP contribution in [0.2, 0.25) is 0 Å². The first-order valence-electron chi connectivity index (χ1n) is 7.11. The molecular formula is C15H26N2S. The van der Waals surface area contributed by atoms with Crippen LogP contribution in [0.1, 0.15) is 64.1 Å². The molecule has 0 aromatic carbocycles. The molecule has 1 aliphatic carbocycles.